The maximum atomic E-state index is 13.0. The van der Waals surface area contributed by atoms with E-state index in [2.05, 4.69) is 10.3 Å². The SMILES string of the molecule is COc1ccc(S(=O)(=O)N2CCCCCC2)cc1C(=O)NCc1ccccn1. The van der Waals surface area contributed by atoms with Gasteiger partial charge in [0.05, 0.1) is 29.8 Å². The molecule has 8 heteroatoms. The topological polar surface area (TPSA) is 88.6 Å². The van der Waals surface area contributed by atoms with Crippen LogP contribution in [0.25, 0.3) is 0 Å². The Morgan fingerprint density at radius 1 is 1.14 bits per heavy atom. The van der Waals surface area contributed by atoms with E-state index in [9.17, 15) is 13.2 Å². The van der Waals surface area contributed by atoms with Gasteiger partial charge >= 0.3 is 0 Å². The fourth-order valence-corrected chi connectivity index (χ4v) is 4.77. The Balaban J connectivity index is 1.83. The summed E-state index contributed by atoms with van der Waals surface area (Å²) in [6.07, 6.45) is 5.43. The quantitative estimate of drug-likeness (QED) is 0.801. The molecule has 1 aromatic heterocycles. The summed E-state index contributed by atoms with van der Waals surface area (Å²) < 4.78 is 32.9. The lowest BCUT2D eigenvalue weighted by atomic mass is 10.2. The first kappa shape index (κ1) is 20.3. The van der Waals surface area contributed by atoms with Crippen LogP contribution in [0, 0.1) is 0 Å². The molecule has 2 heterocycles. The predicted molar refractivity (Wildman–Crippen MR) is 106 cm³/mol. The van der Waals surface area contributed by atoms with E-state index in [4.69, 9.17) is 4.74 Å². The van der Waals surface area contributed by atoms with Crippen LogP contribution in [0.1, 0.15) is 41.7 Å². The third-order valence-electron chi connectivity index (χ3n) is 4.77. The van der Waals surface area contributed by atoms with Crippen LogP contribution < -0.4 is 10.1 Å². The van der Waals surface area contributed by atoms with Crippen molar-refractivity contribution in [2.45, 2.75) is 37.1 Å². The molecule has 1 amide bonds. The van der Waals surface area contributed by atoms with Crippen molar-refractivity contribution in [3.8, 4) is 5.75 Å². The zero-order valence-electron chi connectivity index (χ0n) is 15.9. The predicted octanol–water partition coefficient (Wildman–Crippen LogP) is 2.58. The lowest BCUT2D eigenvalue weighted by molar-refractivity contribution is 0.0947. The molecule has 0 saturated carbocycles. The maximum Gasteiger partial charge on any atom is 0.255 e. The maximum absolute atomic E-state index is 13.0. The van der Waals surface area contributed by atoms with Crippen molar-refractivity contribution in [1.29, 1.82) is 0 Å². The number of pyridine rings is 1. The molecule has 150 valence electrons. The first-order valence-electron chi connectivity index (χ1n) is 9.38. The van der Waals surface area contributed by atoms with E-state index in [0.29, 0.717) is 24.5 Å². The van der Waals surface area contributed by atoms with Gasteiger partial charge in [-0.25, -0.2) is 8.42 Å². The van der Waals surface area contributed by atoms with Gasteiger partial charge in [-0.3, -0.25) is 9.78 Å². The number of hydrogen-bond donors (Lipinski definition) is 1. The highest BCUT2D eigenvalue weighted by atomic mass is 32.2. The molecule has 1 fully saturated rings. The molecular formula is C20H25N3O4S. The number of methoxy groups -OCH3 is 1. The molecular weight excluding hydrogens is 378 g/mol. The molecule has 7 nitrogen and oxygen atoms in total. The highest BCUT2D eigenvalue weighted by Crippen LogP contribution is 2.26. The number of rotatable bonds is 6. The molecule has 1 aliphatic heterocycles. The summed E-state index contributed by atoms with van der Waals surface area (Å²) >= 11 is 0. The van der Waals surface area contributed by atoms with Gasteiger partial charge < -0.3 is 10.1 Å². The number of amides is 1. The van der Waals surface area contributed by atoms with Crippen LogP contribution in [0.3, 0.4) is 0 Å². The molecule has 0 bridgehead atoms. The highest BCUT2D eigenvalue weighted by Gasteiger charge is 2.27. The van der Waals surface area contributed by atoms with Crippen molar-refractivity contribution in [3.05, 3.63) is 53.9 Å². The van der Waals surface area contributed by atoms with Crippen LogP contribution in [0.15, 0.2) is 47.5 Å². The van der Waals surface area contributed by atoms with E-state index in [-0.39, 0.29) is 17.0 Å². The third kappa shape index (κ3) is 4.69. The number of aromatic nitrogens is 1. The second-order valence-corrected chi connectivity index (χ2v) is 8.62. The van der Waals surface area contributed by atoms with E-state index in [1.54, 1.807) is 18.3 Å². The molecule has 0 spiro atoms. The molecule has 1 aliphatic rings. The largest absolute Gasteiger partial charge is 0.496 e. The molecule has 2 aromatic rings. The van der Waals surface area contributed by atoms with Gasteiger partial charge in [-0.2, -0.15) is 4.31 Å². The lowest BCUT2D eigenvalue weighted by Crippen LogP contribution is -2.32. The number of carbonyl (C=O) groups is 1. The standard InChI is InChI=1S/C20H25N3O4S/c1-27-19-10-9-17(28(25,26)23-12-6-2-3-7-13-23)14-18(19)20(24)22-15-16-8-4-5-11-21-16/h4-5,8-11,14H,2-3,6-7,12-13,15H2,1H3,(H,22,24). The smallest absolute Gasteiger partial charge is 0.255 e. The van der Waals surface area contributed by atoms with Crippen molar-refractivity contribution in [1.82, 2.24) is 14.6 Å². The molecule has 1 N–H and O–H groups in total. The summed E-state index contributed by atoms with van der Waals surface area (Å²) in [5, 5.41) is 2.77. The van der Waals surface area contributed by atoms with Crippen LogP contribution in [0.2, 0.25) is 0 Å². The minimum atomic E-state index is -3.65. The van der Waals surface area contributed by atoms with E-state index >= 15 is 0 Å². The fraction of sp³-hybridized carbons (Fsp3) is 0.400. The second-order valence-electron chi connectivity index (χ2n) is 6.68. The van der Waals surface area contributed by atoms with Crippen molar-refractivity contribution in [2.75, 3.05) is 20.2 Å². The van der Waals surface area contributed by atoms with E-state index in [1.165, 1.54) is 29.6 Å². The summed E-state index contributed by atoms with van der Waals surface area (Å²) in [6, 6.07) is 9.86. The normalized spacial score (nSPS) is 15.6. The van der Waals surface area contributed by atoms with Gasteiger partial charge in [0, 0.05) is 19.3 Å². The van der Waals surface area contributed by atoms with Crippen molar-refractivity contribution in [3.63, 3.8) is 0 Å². The lowest BCUT2D eigenvalue weighted by Gasteiger charge is -2.20. The van der Waals surface area contributed by atoms with Crippen LogP contribution >= 0.6 is 0 Å². The molecule has 0 atom stereocenters. The van der Waals surface area contributed by atoms with Gasteiger partial charge in [-0.1, -0.05) is 18.9 Å². The number of ether oxygens (including phenoxy) is 1. The zero-order chi connectivity index (χ0) is 20.0. The Kier molecular flexibility index (Phi) is 6.64. The average molecular weight is 404 g/mol. The van der Waals surface area contributed by atoms with Crippen molar-refractivity contribution in [2.24, 2.45) is 0 Å². The minimum Gasteiger partial charge on any atom is -0.496 e. The van der Waals surface area contributed by atoms with E-state index in [0.717, 1.165) is 25.7 Å². The summed E-state index contributed by atoms with van der Waals surface area (Å²) in [6.45, 7) is 1.26. The number of hydrogen-bond acceptors (Lipinski definition) is 5. The number of sulfonamides is 1. The van der Waals surface area contributed by atoms with Gasteiger partial charge in [0.15, 0.2) is 0 Å². The van der Waals surface area contributed by atoms with Crippen LogP contribution in [-0.2, 0) is 16.6 Å². The summed E-state index contributed by atoms with van der Waals surface area (Å²) in [5.74, 6) is -0.0799. The van der Waals surface area contributed by atoms with Gasteiger partial charge in [0.25, 0.3) is 5.91 Å². The molecule has 3 rings (SSSR count). The first-order chi connectivity index (χ1) is 13.5. The molecule has 1 saturated heterocycles. The number of carbonyl (C=O) groups excluding carboxylic acids is 1. The Hall–Kier alpha value is -2.45. The highest BCUT2D eigenvalue weighted by molar-refractivity contribution is 7.89. The van der Waals surface area contributed by atoms with Gasteiger partial charge in [0.1, 0.15) is 5.75 Å². The fourth-order valence-electron chi connectivity index (χ4n) is 3.22. The monoisotopic (exact) mass is 403 g/mol. The van der Waals surface area contributed by atoms with Crippen molar-refractivity contribution < 1.29 is 17.9 Å². The van der Waals surface area contributed by atoms with Gasteiger partial charge in [-0.15, -0.1) is 0 Å². The van der Waals surface area contributed by atoms with Crippen LogP contribution in [0.5, 0.6) is 5.75 Å². The molecule has 0 radical (unpaired) electrons. The molecule has 1 aromatic carbocycles. The molecule has 0 aliphatic carbocycles. The number of nitrogens with one attached hydrogen (secondary N) is 1. The van der Waals surface area contributed by atoms with Crippen LogP contribution in [-0.4, -0.2) is 43.8 Å². The first-order valence-corrected chi connectivity index (χ1v) is 10.8. The number of benzene rings is 1. The molecule has 0 unspecified atom stereocenters. The van der Waals surface area contributed by atoms with Crippen LogP contribution in [0.4, 0.5) is 0 Å². The van der Waals surface area contributed by atoms with E-state index in [1.807, 2.05) is 6.07 Å². The van der Waals surface area contributed by atoms with Gasteiger partial charge in [0.2, 0.25) is 10.0 Å². The number of nitrogens with zero attached hydrogens (tertiary/aromatic N) is 2. The Bertz CT molecular complexity index is 908. The Morgan fingerprint density at radius 2 is 1.89 bits per heavy atom. The Morgan fingerprint density at radius 3 is 2.54 bits per heavy atom. The van der Waals surface area contributed by atoms with Gasteiger partial charge in [-0.05, 0) is 43.2 Å². The summed E-state index contributed by atoms with van der Waals surface area (Å²) in [4.78, 5) is 17.0. The van der Waals surface area contributed by atoms with E-state index < -0.39 is 15.9 Å². The average Bonchev–Trinajstić information content (AvgIpc) is 3.02. The zero-order valence-corrected chi connectivity index (χ0v) is 16.7. The van der Waals surface area contributed by atoms with Crippen molar-refractivity contribution >= 4 is 15.9 Å². The second kappa shape index (κ2) is 9.16. The Labute approximate surface area is 165 Å². The summed E-state index contributed by atoms with van der Waals surface area (Å²) in [7, 11) is -2.20. The summed E-state index contributed by atoms with van der Waals surface area (Å²) in [5.41, 5.74) is 0.900. The molecule has 28 heavy (non-hydrogen) atoms. The third-order valence-corrected chi connectivity index (χ3v) is 6.67. The minimum absolute atomic E-state index is 0.109.